The zero-order chi connectivity index (χ0) is 19.3. The molecule has 7 heteroatoms. The number of hydrogen-bond acceptors (Lipinski definition) is 6. The summed E-state index contributed by atoms with van der Waals surface area (Å²) in [6.45, 7) is 6.00. The van der Waals surface area contributed by atoms with Crippen LogP contribution in [-0.2, 0) is 4.74 Å². The fourth-order valence-electron chi connectivity index (χ4n) is 3.41. The second-order valence-corrected chi connectivity index (χ2v) is 6.93. The molecule has 1 aromatic carbocycles. The third-order valence-corrected chi connectivity index (χ3v) is 4.96. The van der Waals surface area contributed by atoms with Crippen LogP contribution in [0.15, 0.2) is 36.5 Å². The van der Waals surface area contributed by atoms with Gasteiger partial charge < -0.3 is 24.4 Å². The fourth-order valence-corrected chi connectivity index (χ4v) is 3.41. The number of rotatable bonds is 4. The number of amides is 1. The quantitative estimate of drug-likeness (QED) is 0.875. The number of benzene rings is 1. The molecule has 0 bridgehead atoms. The summed E-state index contributed by atoms with van der Waals surface area (Å²) in [5.74, 6) is 2.04. The number of pyridine rings is 1. The van der Waals surface area contributed by atoms with Crippen LogP contribution >= 0.6 is 0 Å². The van der Waals surface area contributed by atoms with Crippen molar-refractivity contribution in [3.63, 3.8) is 0 Å². The summed E-state index contributed by atoms with van der Waals surface area (Å²) in [5, 5.41) is 3.08. The molecule has 1 saturated heterocycles. The maximum absolute atomic E-state index is 13.0. The van der Waals surface area contributed by atoms with E-state index in [9.17, 15) is 4.79 Å². The number of carbonyl (C=O) groups is 1. The smallest absolute Gasteiger partial charge is 0.255 e. The third-order valence-electron chi connectivity index (χ3n) is 4.96. The first-order valence-electron chi connectivity index (χ1n) is 9.70. The van der Waals surface area contributed by atoms with E-state index in [0.717, 1.165) is 36.6 Å². The van der Waals surface area contributed by atoms with Crippen molar-refractivity contribution in [3.05, 3.63) is 47.7 Å². The van der Waals surface area contributed by atoms with Crippen LogP contribution in [-0.4, -0.2) is 50.4 Å². The summed E-state index contributed by atoms with van der Waals surface area (Å²) in [6.07, 6.45) is 2.58. The fraction of sp³-hybridized carbons (Fsp3) is 0.429. The van der Waals surface area contributed by atoms with Crippen molar-refractivity contribution in [1.29, 1.82) is 0 Å². The van der Waals surface area contributed by atoms with Crippen molar-refractivity contribution in [2.24, 2.45) is 0 Å². The lowest BCUT2D eigenvalue weighted by Crippen LogP contribution is -2.38. The zero-order valence-corrected chi connectivity index (χ0v) is 16.0. The highest BCUT2D eigenvalue weighted by Crippen LogP contribution is 2.32. The molecule has 4 rings (SSSR count). The van der Waals surface area contributed by atoms with E-state index in [0.29, 0.717) is 37.8 Å². The Bertz CT molecular complexity index is 836. The van der Waals surface area contributed by atoms with Gasteiger partial charge in [-0.2, -0.15) is 0 Å². The Balaban J connectivity index is 1.50. The van der Waals surface area contributed by atoms with Crippen LogP contribution in [0.3, 0.4) is 0 Å². The average molecular weight is 383 g/mol. The van der Waals surface area contributed by atoms with Crippen LogP contribution in [0.4, 0.5) is 5.82 Å². The van der Waals surface area contributed by atoms with Crippen molar-refractivity contribution < 1.29 is 19.0 Å². The molecule has 2 aliphatic heterocycles. The highest BCUT2D eigenvalue weighted by Gasteiger charge is 2.22. The van der Waals surface area contributed by atoms with E-state index >= 15 is 0 Å². The molecule has 0 radical (unpaired) electrons. The van der Waals surface area contributed by atoms with Crippen molar-refractivity contribution >= 4 is 11.7 Å². The number of nitrogens with one attached hydrogen (secondary N) is 1. The average Bonchev–Trinajstić information content (AvgIpc) is 2.99. The lowest BCUT2D eigenvalue weighted by Gasteiger charge is -2.29. The monoisotopic (exact) mass is 383 g/mol. The van der Waals surface area contributed by atoms with Crippen LogP contribution in [0, 0.1) is 0 Å². The van der Waals surface area contributed by atoms with E-state index in [-0.39, 0.29) is 11.9 Å². The molecule has 0 spiro atoms. The Morgan fingerprint density at radius 2 is 1.89 bits per heavy atom. The molecule has 1 aromatic heterocycles. The molecule has 7 nitrogen and oxygen atoms in total. The van der Waals surface area contributed by atoms with E-state index in [1.54, 1.807) is 12.3 Å². The summed E-state index contributed by atoms with van der Waals surface area (Å²) in [4.78, 5) is 19.5. The number of aromatic nitrogens is 1. The van der Waals surface area contributed by atoms with E-state index in [1.165, 1.54) is 0 Å². The van der Waals surface area contributed by atoms with Crippen LogP contribution in [0.1, 0.15) is 35.3 Å². The molecule has 3 heterocycles. The molecule has 0 saturated carbocycles. The number of carbonyl (C=O) groups excluding carboxylic acids is 1. The van der Waals surface area contributed by atoms with Gasteiger partial charge in [0.05, 0.1) is 38.0 Å². The van der Waals surface area contributed by atoms with Gasteiger partial charge >= 0.3 is 0 Å². The maximum atomic E-state index is 13.0. The summed E-state index contributed by atoms with van der Waals surface area (Å²) >= 11 is 0. The first kappa shape index (κ1) is 18.6. The van der Waals surface area contributed by atoms with Gasteiger partial charge in [-0.25, -0.2) is 4.98 Å². The lowest BCUT2D eigenvalue weighted by atomic mass is 10.1. The van der Waals surface area contributed by atoms with E-state index in [2.05, 4.69) is 15.2 Å². The summed E-state index contributed by atoms with van der Waals surface area (Å²) < 4.78 is 16.8. The van der Waals surface area contributed by atoms with Crippen molar-refractivity contribution in [1.82, 2.24) is 10.3 Å². The largest absolute Gasteiger partial charge is 0.490 e. The molecule has 1 unspecified atom stereocenters. The van der Waals surface area contributed by atoms with Gasteiger partial charge in [0, 0.05) is 25.7 Å². The number of fused-ring (bicyclic) bond motifs is 1. The standard InChI is InChI=1S/C21H25N3O4/c1-15(16-5-6-18-19(14-16)28-11-3-10-27-18)23-21(25)17-4-2-7-22-20(17)24-8-12-26-13-9-24/h2,4-7,14-15H,3,8-13H2,1H3,(H,23,25). The molecule has 1 N–H and O–H groups in total. The van der Waals surface area contributed by atoms with Gasteiger partial charge in [0.25, 0.3) is 5.91 Å². The molecule has 2 aliphatic rings. The Hall–Kier alpha value is -2.80. The number of hydrogen-bond donors (Lipinski definition) is 1. The molecule has 0 aliphatic carbocycles. The van der Waals surface area contributed by atoms with Crippen LogP contribution in [0.2, 0.25) is 0 Å². The Morgan fingerprint density at radius 3 is 2.71 bits per heavy atom. The number of morpholine rings is 1. The molecule has 1 amide bonds. The lowest BCUT2D eigenvalue weighted by molar-refractivity contribution is 0.0938. The molecule has 28 heavy (non-hydrogen) atoms. The van der Waals surface area contributed by atoms with Gasteiger partial charge in [-0.15, -0.1) is 0 Å². The van der Waals surface area contributed by atoms with E-state index in [1.807, 2.05) is 31.2 Å². The molecule has 1 fully saturated rings. The van der Waals surface area contributed by atoms with E-state index < -0.39 is 0 Å². The summed E-state index contributed by atoms with van der Waals surface area (Å²) in [6, 6.07) is 9.23. The first-order valence-corrected chi connectivity index (χ1v) is 9.70. The molecular formula is C21H25N3O4. The Morgan fingerprint density at radius 1 is 1.11 bits per heavy atom. The minimum atomic E-state index is -0.178. The Kier molecular flexibility index (Phi) is 5.62. The third kappa shape index (κ3) is 4.04. The van der Waals surface area contributed by atoms with Gasteiger partial charge in [0.2, 0.25) is 0 Å². The number of ether oxygens (including phenoxy) is 3. The highest BCUT2D eigenvalue weighted by molar-refractivity contribution is 5.99. The predicted molar refractivity (Wildman–Crippen MR) is 105 cm³/mol. The van der Waals surface area contributed by atoms with Gasteiger partial charge in [-0.05, 0) is 36.8 Å². The number of anilines is 1. The first-order chi connectivity index (χ1) is 13.7. The van der Waals surface area contributed by atoms with Crippen molar-refractivity contribution in [2.45, 2.75) is 19.4 Å². The minimum absolute atomic E-state index is 0.144. The van der Waals surface area contributed by atoms with Crippen LogP contribution in [0.25, 0.3) is 0 Å². The van der Waals surface area contributed by atoms with Gasteiger partial charge in [-0.1, -0.05) is 6.07 Å². The van der Waals surface area contributed by atoms with Crippen molar-refractivity contribution in [3.8, 4) is 11.5 Å². The van der Waals surface area contributed by atoms with Crippen LogP contribution < -0.4 is 19.7 Å². The van der Waals surface area contributed by atoms with Gasteiger partial charge in [0.1, 0.15) is 5.82 Å². The van der Waals surface area contributed by atoms with E-state index in [4.69, 9.17) is 14.2 Å². The predicted octanol–water partition coefficient (Wildman–Crippen LogP) is 2.57. The topological polar surface area (TPSA) is 72.9 Å². The molecule has 148 valence electrons. The highest BCUT2D eigenvalue weighted by atomic mass is 16.5. The molecular weight excluding hydrogens is 358 g/mol. The second-order valence-electron chi connectivity index (χ2n) is 6.93. The molecule has 1 atom stereocenters. The molecule has 2 aromatic rings. The van der Waals surface area contributed by atoms with Gasteiger partial charge in [0.15, 0.2) is 11.5 Å². The van der Waals surface area contributed by atoms with Crippen LogP contribution in [0.5, 0.6) is 11.5 Å². The maximum Gasteiger partial charge on any atom is 0.255 e. The zero-order valence-electron chi connectivity index (χ0n) is 16.0. The number of nitrogens with zero attached hydrogens (tertiary/aromatic N) is 2. The summed E-state index contributed by atoms with van der Waals surface area (Å²) in [5.41, 5.74) is 1.54. The minimum Gasteiger partial charge on any atom is -0.490 e. The van der Waals surface area contributed by atoms with Gasteiger partial charge in [-0.3, -0.25) is 4.79 Å². The van der Waals surface area contributed by atoms with Crippen molar-refractivity contribution in [2.75, 3.05) is 44.4 Å². The SMILES string of the molecule is CC(NC(=O)c1cccnc1N1CCOCC1)c1ccc2c(c1)OCCCO2. The second kappa shape index (κ2) is 8.48. The Labute approximate surface area is 164 Å². The normalized spacial score (nSPS) is 17.5. The summed E-state index contributed by atoms with van der Waals surface area (Å²) in [7, 11) is 0.